The molecule has 1 fully saturated rings. The smallest absolute Gasteiger partial charge is 0.180 e. The predicted octanol–water partition coefficient (Wildman–Crippen LogP) is 0.779. The molecule has 1 aliphatic heterocycles. The van der Waals surface area contributed by atoms with Crippen molar-refractivity contribution in [2.24, 2.45) is 0 Å². The third-order valence-corrected chi connectivity index (χ3v) is 2.49. The van der Waals surface area contributed by atoms with Crippen molar-refractivity contribution >= 4 is 0 Å². The van der Waals surface area contributed by atoms with Crippen molar-refractivity contribution in [1.29, 1.82) is 0 Å². The van der Waals surface area contributed by atoms with Gasteiger partial charge in [-0.1, -0.05) is 0 Å². The lowest BCUT2D eigenvalue weighted by Gasteiger charge is -2.29. The molecule has 0 spiro atoms. The molecule has 1 heterocycles. The normalized spacial score (nSPS) is 25.4. The first kappa shape index (κ1) is 14.9. The van der Waals surface area contributed by atoms with Gasteiger partial charge in [0.15, 0.2) is 6.29 Å². The highest BCUT2D eigenvalue weighted by molar-refractivity contribution is 4.71. The van der Waals surface area contributed by atoms with Gasteiger partial charge in [0.25, 0.3) is 0 Å². The number of nitrogens with one attached hydrogen (secondary N) is 1. The van der Waals surface area contributed by atoms with Crippen LogP contribution < -0.4 is 5.32 Å². The third-order valence-electron chi connectivity index (χ3n) is 2.49. The van der Waals surface area contributed by atoms with Gasteiger partial charge in [0.2, 0.25) is 0 Å². The third kappa shape index (κ3) is 6.33. The minimum Gasteiger partial charge on any atom is -0.373 e. The lowest BCUT2D eigenvalue weighted by atomic mass is 10.2. The zero-order valence-electron chi connectivity index (χ0n) is 11.1. The summed E-state index contributed by atoms with van der Waals surface area (Å²) in [5.74, 6) is 0. The fraction of sp³-hybridized carbons (Fsp3) is 1.00. The molecular weight excluding hydrogens is 222 g/mol. The highest BCUT2D eigenvalue weighted by Crippen LogP contribution is 2.04. The van der Waals surface area contributed by atoms with Crippen molar-refractivity contribution in [3.8, 4) is 0 Å². The standard InChI is InChI=1S/C12H25NO4/c1-4-15-12(16-5-2)9-14-8-11-7-13-6-10(3)17-11/h10-13H,4-9H2,1-3H3. The first-order chi connectivity index (χ1) is 8.26. The highest BCUT2D eigenvalue weighted by atomic mass is 16.7. The summed E-state index contributed by atoms with van der Waals surface area (Å²) in [5, 5.41) is 3.31. The van der Waals surface area contributed by atoms with Crippen LogP contribution in [0.1, 0.15) is 20.8 Å². The Morgan fingerprint density at radius 3 is 2.53 bits per heavy atom. The van der Waals surface area contributed by atoms with Gasteiger partial charge in [-0.05, 0) is 20.8 Å². The zero-order valence-corrected chi connectivity index (χ0v) is 11.1. The van der Waals surface area contributed by atoms with Crippen LogP contribution in [0.4, 0.5) is 0 Å². The maximum absolute atomic E-state index is 5.72. The molecule has 0 saturated carbocycles. The quantitative estimate of drug-likeness (QED) is 0.642. The Kier molecular flexibility index (Phi) is 7.72. The molecule has 17 heavy (non-hydrogen) atoms. The summed E-state index contributed by atoms with van der Waals surface area (Å²) < 4.78 is 22.1. The Labute approximate surface area is 104 Å². The summed E-state index contributed by atoms with van der Waals surface area (Å²) >= 11 is 0. The van der Waals surface area contributed by atoms with Gasteiger partial charge in [-0.2, -0.15) is 0 Å². The second-order valence-corrected chi connectivity index (χ2v) is 4.10. The molecule has 0 amide bonds. The Morgan fingerprint density at radius 1 is 1.24 bits per heavy atom. The molecule has 1 aliphatic rings. The average Bonchev–Trinajstić information content (AvgIpc) is 2.30. The molecule has 1 rings (SSSR count). The molecule has 0 aromatic carbocycles. The van der Waals surface area contributed by atoms with Crippen LogP contribution in [0.3, 0.4) is 0 Å². The molecular formula is C12H25NO4. The van der Waals surface area contributed by atoms with Crippen LogP contribution in [-0.2, 0) is 18.9 Å². The molecule has 0 bridgehead atoms. The summed E-state index contributed by atoms with van der Waals surface area (Å²) in [6, 6.07) is 0. The van der Waals surface area contributed by atoms with Gasteiger partial charge in [0.05, 0.1) is 25.4 Å². The SMILES string of the molecule is CCOC(COCC1CNCC(C)O1)OCC. The van der Waals surface area contributed by atoms with E-state index in [0.717, 1.165) is 13.1 Å². The van der Waals surface area contributed by atoms with Crippen LogP contribution in [-0.4, -0.2) is 58.0 Å². The van der Waals surface area contributed by atoms with Crippen molar-refractivity contribution in [2.45, 2.75) is 39.3 Å². The Morgan fingerprint density at radius 2 is 1.94 bits per heavy atom. The molecule has 5 heteroatoms. The molecule has 1 saturated heterocycles. The molecule has 102 valence electrons. The second kappa shape index (κ2) is 8.83. The van der Waals surface area contributed by atoms with Gasteiger partial charge >= 0.3 is 0 Å². The average molecular weight is 247 g/mol. The monoisotopic (exact) mass is 247 g/mol. The highest BCUT2D eigenvalue weighted by Gasteiger charge is 2.19. The Hall–Kier alpha value is -0.200. The van der Waals surface area contributed by atoms with E-state index in [1.54, 1.807) is 0 Å². The number of ether oxygens (including phenoxy) is 4. The van der Waals surface area contributed by atoms with Gasteiger partial charge < -0.3 is 24.3 Å². The van der Waals surface area contributed by atoms with E-state index in [1.165, 1.54) is 0 Å². The first-order valence-electron chi connectivity index (χ1n) is 6.43. The van der Waals surface area contributed by atoms with Crippen LogP contribution in [0.25, 0.3) is 0 Å². The fourth-order valence-corrected chi connectivity index (χ4v) is 1.78. The zero-order chi connectivity index (χ0) is 12.5. The summed E-state index contributed by atoms with van der Waals surface area (Å²) in [6.07, 6.45) is 0.119. The van der Waals surface area contributed by atoms with E-state index in [2.05, 4.69) is 12.2 Å². The lowest BCUT2D eigenvalue weighted by Crippen LogP contribution is -2.45. The second-order valence-electron chi connectivity index (χ2n) is 4.10. The molecule has 5 nitrogen and oxygen atoms in total. The summed E-state index contributed by atoms with van der Waals surface area (Å²) in [7, 11) is 0. The molecule has 1 N–H and O–H groups in total. The van der Waals surface area contributed by atoms with E-state index in [4.69, 9.17) is 18.9 Å². The minimum atomic E-state index is -0.265. The Balaban J connectivity index is 2.11. The number of morpholine rings is 1. The topological polar surface area (TPSA) is 49.0 Å². The molecule has 0 aromatic heterocycles. The van der Waals surface area contributed by atoms with Gasteiger partial charge in [-0.25, -0.2) is 0 Å². The number of rotatable bonds is 8. The summed E-state index contributed by atoms with van der Waals surface area (Å²) in [5.41, 5.74) is 0. The molecule has 2 atom stereocenters. The number of hydrogen-bond donors (Lipinski definition) is 1. The van der Waals surface area contributed by atoms with Crippen molar-refractivity contribution in [3.63, 3.8) is 0 Å². The van der Waals surface area contributed by atoms with E-state index >= 15 is 0 Å². The Bertz CT molecular complexity index is 181. The van der Waals surface area contributed by atoms with Crippen LogP contribution in [0, 0.1) is 0 Å². The van der Waals surface area contributed by atoms with E-state index in [-0.39, 0.29) is 18.5 Å². The van der Waals surface area contributed by atoms with Crippen LogP contribution in [0.5, 0.6) is 0 Å². The van der Waals surface area contributed by atoms with Crippen molar-refractivity contribution in [1.82, 2.24) is 5.32 Å². The van der Waals surface area contributed by atoms with Gasteiger partial charge in [0.1, 0.15) is 0 Å². The van der Waals surface area contributed by atoms with Crippen molar-refractivity contribution in [2.75, 3.05) is 39.5 Å². The fourth-order valence-electron chi connectivity index (χ4n) is 1.78. The maximum atomic E-state index is 5.72. The molecule has 0 aromatic rings. The lowest BCUT2D eigenvalue weighted by molar-refractivity contribution is -0.176. The predicted molar refractivity (Wildman–Crippen MR) is 65.1 cm³/mol. The molecule has 0 aliphatic carbocycles. The molecule has 0 radical (unpaired) electrons. The number of hydrogen-bond acceptors (Lipinski definition) is 5. The van der Waals surface area contributed by atoms with E-state index in [0.29, 0.717) is 26.4 Å². The van der Waals surface area contributed by atoms with Crippen LogP contribution in [0.15, 0.2) is 0 Å². The first-order valence-corrected chi connectivity index (χ1v) is 6.43. The van der Waals surface area contributed by atoms with E-state index in [9.17, 15) is 0 Å². The van der Waals surface area contributed by atoms with Crippen molar-refractivity contribution < 1.29 is 18.9 Å². The minimum absolute atomic E-state index is 0.127. The van der Waals surface area contributed by atoms with Gasteiger partial charge in [0, 0.05) is 26.3 Å². The van der Waals surface area contributed by atoms with Crippen molar-refractivity contribution in [3.05, 3.63) is 0 Å². The van der Waals surface area contributed by atoms with E-state index < -0.39 is 0 Å². The largest absolute Gasteiger partial charge is 0.373 e. The van der Waals surface area contributed by atoms with Gasteiger partial charge in [-0.15, -0.1) is 0 Å². The molecule has 2 unspecified atom stereocenters. The van der Waals surface area contributed by atoms with Crippen LogP contribution in [0.2, 0.25) is 0 Å². The van der Waals surface area contributed by atoms with Crippen LogP contribution >= 0.6 is 0 Å². The summed E-state index contributed by atoms with van der Waals surface area (Å²) in [6.45, 7) is 10.0. The van der Waals surface area contributed by atoms with E-state index in [1.807, 2.05) is 13.8 Å². The maximum Gasteiger partial charge on any atom is 0.180 e. The van der Waals surface area contributed by atoms with Gasteiger partial charge in [-0.3, -0.25) is 0 Å². The summed E-state index contributed by atoms with van der Waals surface area (Å²) in [4.78, 5) is 0.